The van der Waals surface area contributed by atoms with Gasteiger partial charge in [-0.15, -0.1) is 0 Å². The van der Waals surface area contributed by atoms with Gasteiger partial charge in [0.15, 0.2) is 9.84 Å². The molecule has 1 aromatic heterocycles. The number of imidazole rings is 1. The van der Waals surface area contributed by atoms with Crippen LogP contribution in [0.4, 0.5) is 0 Å². The standard InChI is InChI=1S/C16H22N4O2S.C2H6/c1-23(21,22)13-2-3-15-14(8-13)19-16(11-9-18-10-11)20(15)12-4-6-17-7-5-12;1-2/h2-3,8,11-12,17-18H,4-7,9-10H2,1H3;1-2H3. The summed E-state index contributed by atoms with van der Waals surface area (Å²) >= 11 is 0. The van der Waals surface area contributed by atoms with Crippen molar-refractivity contribution < 1.29 is 8.42 Å². The van der Waals surface area contributed by atoms with E-state index in [-0.39, 0.29) is 0 Å². The molecule has 2 fully saturated rings. The number of hydrogen-bond donors (Lipinski definition) is 2. The average Bonchev–Trinajstić information content (AvgIpc) is 2.93. The van der Waals surface area contributed by atoms with Gasteiger partial charge in [0, 0.05) is 31.3 Å². The van der Waals surface area contributed by atoms with Gasteiger partial charge >= 0.3 is 0 Å². The van der Waals surface area contributed by atoms with Crippen LogP contribution in [0.15, 0.2) is 23.1 Å². The molecule has 2 aromatic rings. The number of sulfone groups is 1. The van der Waals surface area contributed by atoms with Crippen LogP contribution in [0, 0.1) is 0 Å². The summed E-state index contributed by atoms with van der Waals surface area (Å²) in [6, 6.07) is 5.80. The molecule has 2 aliphatic rings. The Morgan fingerprint density at radius 3 is 2.36 bits per heavy atom. The monoisotopic (exact) mass is 364 g/mol. The summed E-state index contributed by atoms with van der Waals surface area (Å²) in [6.07, 6.45) is 3.42. The molecule has 7 heteroatoms. The molecule has 3 heterocycles. The average molecular weight is 365 g/mol. The number of piperidine rings is 1. The smallest absolute Gasteiger partial charge is 0.175 e. The number of nitrogens with zero attached hydrogens (tertiary/aromatic N) is 2. The fourth-order valence-corrected chi connectivity index (χ4v) is 4.18. The molecule has 0 radical (unpaired) electrons. The van der Waals surface area contributed by atoms with Crippen LogP contribution >= 0.6 is 0 Å². The first-order valence-electron chi connectivity index (χ1n) is 9.17. The molecule has 0 amide bonds. The van der Waals surface area contributed by atoms with Crippen LogP contribution < -0.4 is 10.6 Å². The quantitative estimate of drug-likeness (QED) is 0.872. The fourth-order valence-electron chi connectivity index (χ4n) is 3.54. The van der Waals surface area contributed by atoms with Gasteiger partial charge in [0.1, 0.15) is 5.82 Å². The van der Waals surface area contributed by atoms with Gasteiger partial charge in [-0.3, -0.25) is 0 Å². The third kappa shape index (κ3) is 3.59. The van der Waals surface area contributed by atoms with E-state index in [1.807, 2.05) is 19.9 Å². The Morgan fingerprint density at radius 1 is 1.12 bits per heavy atom. The van der Waals surface area contributed by atoms with Crippen molar-refractivity contribution in [1.29, 1.82) is 0 Å². The van der Waals surface area contributed by atoms with E-state index >= 15 is 0 Å². The summed E-state index contributed by atoms with van der Waals surface area (Å²) in [5.41, 5.74) is 1.86. The summed E-state index contributed by atoms with van der Waals surface area (Å²) in [7, 11) is -3.21. The van der Waals surface area contributed by atoms with E-state index in [9.17, 15) is 8.42 Å². The predicted octanol–water partition coefficient (Wildman–Crippen LogP) is 2.08. The van der Waals surface area contributed by atoms with Crippen LogP contribution in [-0.4, -0.2) is 50.4 Å². The van der Waals surface area contributed by atoms with Gasteiger partial charge in [0.05, 0.1) is 15.9 Å². The van der Waals surface area contributed by atoms with Gasteiger partial charge in [-0.25, -0.2) is 13.4 Å². The van der Waals surface area contributed by atoms with Crippen molar-refractivity contribution in [1.82, 2.24) is 20.2 Å². The first-order valence-corrected chi connectivity index (χ1v) is 11.1. The van der Waals surface area contributed by atoms with Crippen LogP contribution in [-0.2, 0) is 9.84 Å². The normalized spacial score (nSPS) is 19.3. The second-order valence-electron chi connectivity index (χ2n) is 6.60. The summed E-state index contributed by atoms with van der Waals surface area (Å²) in [6.45, 7) is 7.95. The predicted molar refractivity (Wildman–Crippen MR) is 101 cm³/mol. The molecule has 2 saturated heterocycles. The SMILES string of the molecule is CC.CS(=O)(=O)c1ccc2c(c1)nc(C1CNC1)n2C1CCNCC1. The lowest BCUT2D eigenvalue weighted by atomic mass is 10.0. The minimum atomic E-state index is -3.21. The molecule has 25 heavy (non-hydrogen) atoms. The number of nitrogens with one attached hydrogen (secondary N) is 2. The maximum atomic E-state index is 11.8. The van der Waals surface area contributed by atoms with Crippen molar-refractivity contribution >= 4 is 20.9 Å². The third-order valence-electron chi connectivity index (χ3n) is 4.94. The van der Waals surface area contributed by atoms with Gasteiger partial charge in [-0.05, 0) is 44.1 Å². The first-order chi connectivity index (χ1) is 12.0. The summed E-state index contributed by atoms with van der Waals surface area (Å²) in [5.74, 6) is 1.54. The van der Waals surface area contributed by atoms with E-state index in [0.717, 1.165) is 55.9 Å². The molecule has 6 nitrogen and oxygen atoms in total. The maximum Gasteiger partial charge on any atom is 0.175 e. The summed E-state index contributed by atoms with van der Waals surface area (Å²) in [5, 5.41) is 6.71. The van der Waals surface area contributed by atoms with E-state index < -0.39 is 9.84 Å². The Hall–Kier alpha value is -1.44. The third-order valence-corrected chi connectivity index (χ3v) is 6.05. The first kappa shape index (κ1) is 18.4. The molecule has 0 atom stereocenters. The highest BCUT2D eigenvalue weighted by atomic mass is 32.2. The Kier molecular flexibility index (Phi) is 5.46. The maximum absolute atomic E-state index is 11.8. The van der Waals surface area contributed by atoms with E-state index in [4.69, 9.17) is 4.98 Å². The number of aromatic nitrogens is 2. The molecular weight excluding hydrogens is 336 g/mol. The van der Waals surface area contributed by atoms with Crippen LogP contribution in [0.3, 0.4) is 0 Å². The Bertz CT molecular complexity index is 834. The van der Waals surface area contributed by atoms with Crippen molar-refractivity contribution in [2.75, 3.05) is 32.4 Å². The van der Waals surface area contributed by atoms with Crippen LogP contribution in [0.25, 0.3) is 11.0 Å². The van der Waals surface area contributed by atoms with Gasteiger partial charge in [0.2, 0.25) is 0 Å². The molecule has 138 valence electrons. The van der Waals surface area contributed by atoms with Crippen molar-refractivity contribution in [2.24, 2.45) is 0 Å². The van der Waals surface area contributed by atoms with Crippen molar-refractivity contribution in [3.05, 3.63) is 24.0 Å². The molecule has 0 spiro atoms. The molecule has 2 N–H and O–H groups in total. The van der Waals surface area contributed by atoms with Crippen LogP contribution in [0.1, 0.15) is 44.5 Å². The zero-order valence-corrected chi connectivity index (χ0v) is 16.1. The molecule has 0 bridgehead atoms. The molecule has 4 rings (SSSR count). The second-order valence-corrected chi connectivity index (χ2v) is 8.61. The lowest BCUT2D eigenvalue weighted by molar-refractivity contribution is 0.342. The minimum Gasteiger partial charge on any atom is -0.324 e. The van der Waals surface area contributed by atoms with Crippen molar-refractivity contribution in [2.45, 2.75) is 43.5 Å². The van der Waals surface area contributed by atoms with Crippen LogP contribution in [0.2, 0.25) is 0 Å². The highest BCUT2D eigenvalue weighted by Gasteiger charge is 2.29. The lowest BCUT2D eigenvalue weighted by Crippen LogP contribution is -2.42. The number of hydrogen-bond acceptors (Lipinski definition) is 5. The Labute approximate surface area is 149 Å². The van der Waals surface area contributed by atoms with Gasteiger partial charge in [0.25, 0.3) is 0 Å². The van der Waals surface area contributed by atoms with E-state index in [2.05, 4.69) is 15.2 Å². The fraction of sp³-hybridized carbons (Fsp3) is 0.611. The molecule has 0 aliphatic carbocycles. The lowest BCUT2D eigenvalue weighted by Gasteiger charge is -2.32. The molecule has 0 saturated carbocycles. The molecule has 2 aliphatic heterocycles. The van der Waals surface area contributed by atoms with E-state index in [1.165, 1.54) is 6.26 Å². The van der Waals surface area contributed by atoms with Crippen LogP contribution in [0.5, 0.6) is 0 Å². The highest BCUT2D eigenvalue weighted by molar-refractivity contribution is 7.90. The Balaban J connectivity index is 0.000000880. The van der Waals surface area contributed by atoms with Gasteiger partial charge in [-0.2, -0.15) is 0 Å². The largest absolute Gasteiger partial charge is 0.324 e. The minimum absolute atomic E-state index is 0.346. The van der Waals surface area contributed by atoms with Gasteiger partial charge < -0.3 is 15.2 Å². The summed E-state index contributed by atoms with van der Waals surface area (Å²) < 4.78 is 26.0. The number of rotatable bonds is 3. The number of benzene rings is 1. The van der Waals surface area contributed by atoms with E-state index in [0.29, 0.717) is 16.9 Å². The zero-order chi connectivity index (χ0) is 18.0. The second kappa shape index (κ2) is 7.43. The zero-order valence-electron chi connectivity index (χ0n) is 15.2. The Morgan fingerprint density at radius 2 is 1.80 bits per heavy atom. The molecular formula is C18H28N4O2S. The van der Waals surface area contributed by atoms with E-state index in [1.54, 1.807) is 12.1 Å². The number of fused-ring (bicyclic) bond motifs is 1. The summed E-state index contributed by atoms with van der Waals surface area (Å²) in [4.78, 5) is 5.17. The topological polar surface area (TPSA) is 76.0 Å². The molecule has 1 aromatic carbocycles. The molecule has 0 unspecified atom stereocenters. The van der Waals surface area contributed by atoms with Crippen molar-refractivity contribution in [3.63, 3.8) is 0 Å². The van der Waals surface area contributed by atoms with Crippen molar-refractivity contribution in [3.8, 4) is 0 Å². The highest BCUT2D eigenvalue weighted by Crippen LogP contribution is 2.32. The van der Waals surface area contributed by atoms with Gasteiger partial charge in [-0.1, -0.05) is 13.8 Å².